The maximum absolute atomic E-state index is 2.45. The van der Waals surface area contributed by atoms with E-state index in [-0.39, 0.29) is 0 Å². The quantitative estimate of drug-likeness (QED) is 0.184. The van der Waals surface area contributed by atoms with Gasteiger partial charge >= 0.3 is 0 Å². The highest BCUT2D eigenvalue weighted by atomic mass is 32.1. The van der Waals surface area contributed by atoms with Crippen LogP contribution in [0, 0.1) is 0 Å². The van der Waals surface area contributed by atoms with Gasteiger partial charge in [0.1, 0.15) is 0 Å². The van der Waals surface area contributed by atoms with Crippen molar-refractivity contribution >= 4 is 91.3 Å². The highest BCUT2D eigenvalue weighted by molar-refractivity contribution is 7.25. The van der Waals surface area contributed by atoms with Gasteiger partial charge < -0.3 is 8.97 Å². The molecule has 3 heteroatoms. The lowest BCUT2D eigenvalue weighted by atomic mass is 9.99. The Labute approximate surface area is 238 Å². The number of rotatable bonds is 1. The van der Waals surface area contributed by atoms with Crippen molar-refractivity contribution in [1.82, 2.24) is 8.97 Å². The molecule has 0 aliphatic rings. The van der Waals surface area contributed by atoms with Crippen LogP contribution in [0.3, 0.4) is 0 Å². The Hall–Kier alpha value is -5.12. The molecule has 0 fully saturated rings. The minimum Gasteiger partial charge on any atom is -0.315 e. The maximum Gasteiger partial charge on any atom is 0.0613 e. The number of benzene rings is 6. The van der Waals surface area contributed by atoms with Crippen LogP contribution in [-0.2, 0) is 0 Å². The van der Waals surface area contributed by atoms with Crippen LogP contribution in [0.5, 0.6) is 0 Å². The third-order valence-electron chi connectivity index (χ3n) is 8.85. The zero-order chi connectivity index (χ0) is 26.7. The molecule has 190 valence electrons. The van der Waals surface area contributed by atoms with Crippen LogP contribution in [-0.4, -0.2) is 8.97 Å². The molecule has 0 aliphatic carbocycles. The molecule has 10 aromatic rings. The monoisotopic (exact) mass is 538 g/mol. The number of hydrogen-bond acceptors (Lipinski definition) is 1. The molecule has 41 heavy (non-hydrogen) atoms. The molecule has 10 rings (SSSR count). The lowest BCUT2D eigenvalue weighted by molar-refractivity contribution is 1.18. The first-order valence-electron chi connectivity index (χ1n) is 14.0. The summed E-state index contributed by atoms with van der Waals surface area (Å²) in [6, 6.07) is 46.9. The zero-order valence-corrected chi connectivity index (χ0v) is 22.8. The summed E-state index contributed by atoms with van der Waals surface area (Å²) in [5.74, 6) is 0. The standard InChI is InChI=1S/C38H22N2S/c1-2-11-24(12-3-1)40-33-16-8-6-14-26(33)29-19-34-30(20-35(29)40)28-21-37-31(27-15-7-9-17-36(27)41-37)18-32(28)38-25-13-5-4-10-23(25)22-39(34)38/h1-22H. The van der Waals surface area contributed by atoms with Crippen molar-refractivity contribution in [1.29, 1.82) is 0 Å². The minimum absolute atomic E-state index is 1.18. The van der Waals surface area contributed by atoms with E-state index in [4.69, 9.17) is 0 Å². The first kappa shape index (κ1) is 21.7. The molecule has 0 amide bonds. The van der Waals surface area contributed by atoms with E-state index in [1.165, 1.54) is 85.6 Å². The second kappa shape index (κ2) is 7.75. The van der Waals surface area contributed by atoms with Crippen molar-refractivity contribution in [3.8, 4) is 5.69 Å². The fraction of sp³-hybridized carbons (Fsp3) is 0. The smallest absolute Gasteiger partial charge is 0.0613 e. The summed E-state index contributed by atoms with van der Waals surface area (Å²) in [7, 11) is 0. The van der Waals surface area contributed by atoms with Gasteiger partial charge in [0, 0.05) is 64.4 Å². The molecule has 2 nitrogen and oxygen atoms in total. The van der Waals surface area contributed by atoms with E-state index in [0.29, 0.717) is 0 Å². The van der Waals surface area contributed by atoms with E-state index in [1.54, 1.807) is 0 Å². The van der Waals surface area contributed by atoms with E-state index >= 15 is 0 Å². The van der Waals surface area contributed by atoms with Crippen LogP contribution in [0.15, 0.2) is 134 Å². The first-order valence-corrected chi connectivity index (χ1v) is 14.8. The van der Waals surface area contributed by atoms with Gasteiger partial charge in [-0.1, -0.05) is 78.9 Å². The topological polar surface area (TPSA) is 9.34 Å². The summed E-state index contributed by atoms with van der Waals surface area (Å²) in [6.45, 7) is 0. The number of thiophene rings is 1. The van der Waals surface area contributed by atoms with Crippen LogP contribution >= 0.6 is 11.3 Å². The first-order chi connectivity index (χ1) is 20.3. The van der Waals surface area contributed by atoms with Gasteiger partial charge in [0.25, 0.3) is 0 Å². The normalized spacial score (nSPS) is 12.4. The summed E-state index contributed by atoms with van der Waals surface area (Å²) < 4.78 is 7.54. The van der Waals surface area contributed by atoms with Crippen molar-refractivity contribution in [2.45, 2.75) is 0 Å². The Kier molecular flexibility index (Phi) is 4.10. The fourth-order valence-electron chi connectivity index (χ4n) is 7.09. The second-order valence-corrected chi connectivity index (χ2v) is 12.1. The molecule has 0 unspecified atom stereocenters. The summed E-state index contributed by atoms with van der Waals surface area (Å²) in [5.41, 5.74) is 6.17. The maximum atomic E-state index is 2.45. The van der Waals surface area contributed by atoms with Gasteiger partial charge in [-0.3, -0.25) is 0 Å². The number of para-hydroxylation sites is 2. The Balaban J connectivity index is 1.49. The predicted octanol–water partition coefficient (Wildman–Crippen LogP) is 10.9. The number of fused-ring (bicyclic) bond motifs is 14. The number of pyridine rings is 1. The highest BCUT2D eigenvalue weighted by Crippen LogP contribution is 2.43. The second-order valence-electron chi connectivity index (χ2n) is 11.0. The third kappa shape index (κ3) is 2.81. The van der Waals surface area contributed by atoms with Gasteiger partial charge in [-0.25, -0.2) is 0 Å². The average molecular weight is 539 g/mol. The van der Waals surface area contributed by atoms with Gasteiger partial charge in [0.05, 0.1) is 22.1 Å². The van der Waals surface area contributed by atoms with Gasteiger partial charge in [-0.15, -0.1) is 11.3 Å². The van der Waals surface area contributed by atoms with E-state index in [9.17, 15) is 0 Å². The largest absolute Gasteiger partial charge is 0.315 e. The molecular weight excluding hydrogens is 516 g/mol. The van der Waals surface area contributed by atoms with Gasteiger partial charge in [-0.2, -0.15) is 0 Å². The molecule has 0 aliphatic heterocycles. The fourth-order valence-corrected chi connectivity index (χ4v) is 8.21. The number of nitrogens with zero attached hydrogens (tertiary/aromatic N) is 2. The van der Waals surface area contributed by atoms with Crippen molar-refractivity contribution < 1.29 is 0 Å². The molecule has 0 N–H and O–H groups in total. The van der Waals surface area contributed by atoms with Crippen molar-refractivity contribution in [2.75, 3.05) is 0 Å². The van der Waals surface area contributed by atoms with Crippen LogP contribution in [0.25, 0.3) is 85.6 Å². The lowest BCUT2D eigenvalue weighted by Crippen LogP contribution is -1.94. The number of aromatic nitrogens is 2. The van der Waals surface area contributed by atoms with Gasteiger partial charge in [-0.05, 0) is 53.9 Å². The van der Waals surface area contributed by atoms with Crippen molar-refractivity contribution in [3.63, 3.8) is 0 Å². The third-order valence-corrected chi connectivity index (χ3v) is 9.98. The molecule has 6 aromatic carbocycles. The van der Waals surface area contributed by atoms with Gasteiger partial charge in [0.2, 0.25) is 0 Å². The molecule has 0 saturated carbocycles. The average Bonchev–Trinajstić information content (AvgIpc) is 3.69. The van der Waals surface area contributed by atoms with E-state index in [2.05, 4.69) is 143 Å². The summed E-state index contributed by atoms with van der Waals surface area (Å²) >= 11 is 1.89. The zero-order valence-electron chi connectivity index (χ0n) is 22.0. The molecule has 0 atom stereocenters. The molecule has 0 radical (unpaired) electrons. The van der Waals surface area contributed by atoms with Gasteiger partial charge in [0.15, 0.2) is 0 Å². The van der Waals surface area contributed by atoms with Crippen LogP contribution < -0.4 is 0 Å². The summed E-state index contributed by atoms with van der Waals surface area (Å²) in [6.07, 6.45) is 2.32. The SMILES string of the molecule is c1ccc(-n2c3ccccc3c3cc4c(cc32)c2cc3sc5ccccc5c3cc2c2c3ccccc3cn42)cc1. The lowest BCUT2D eigenvalue weighted by Gasteiger charge is -2.12. The Morgan fingerprint density at radius 1 is 0.415 bits per heavy atom. The molecule has 0 saturated heterocycles. The molecule has 0 spiro atoms. The summed E-state index contributed by atoms with van der Waals surface area (Å²) in [5, 5.41) is 11.7. The molecule has 4 aromatic heterocycles. The Bertz CT molecular complexity index is 2690. The Morgan fingerprint density at radius 2 is 1.12 bits per heavy atom. The van der Waals surface area contributed by atoms with Crippen molar-refractivity contribution in [3.05, 3.63) is 134 Å². The molecule has 4 heterocycles. The van der Waals surface area contributed by atoms with E-state index in [1.807, 2.05) is 11.3 Å². The highest BCUT2D eigenvalue weighted by Gasteiger charge is 2.19. The van der Waals surface area contributed by atoms with Crippen LogP contribution in [0.1, 0.15) is 0 Å². The molecular formula is C38H22N2S. The van der Waals surface area contributed by atoms with E-state index < -0.39 is 0 Å². The number of hydrogen-bond donors (Lipinski definition) is 0. The van der Waals surface area contributed by atoms with Crippen molar-refractivity contribution in [2.24, 2.45) is 0 Å². The summed E-state index contributed by atoms with van der Waals surface area (Å²) in [4.78, 5) is 0. The Morgan fingerprint density at radius 3 is 2.02 bits per heavy atom. The minimum atomic E-state index is 1.18. The molecule has 0 bridgehead atoms. The van der Waals surface area contributed by atoms with Crippen LogP contribution in [0.2, 0.25) is 0 Å². The van der Waals surface area contributed by atoms with E-state index in [0.717, 1.165) is 0 Å². The van der Waals surface area contributed by atoms with Crippen LogP contribution in [0.4, 0.5) is 0 Å². The predicted molar refractivity (Wildman–Crippen MR) is 177 cm³/mol.